The Bertz CT molecular complexity index is 673. The van der Waals surface area contributed by atoms with E-state index >= 15 is 0 Å². The van der Waals surface area contributed by atoms with Crippen molar-refractivity contribution in [2.24, 2.45) is 4.99 Å². The number of unbranched alkanes of at least 4 members (excludes halogenated alkanes) is 1. The van der Waals surface area contributed by atoms with E-state index in [1.165, 1.54) is 38.8 Å². The van der Waals surface area contributed by atoms with Gasteiger partial charge in [0.05, 0.1) is 0 Å². The Labute approximate surface area is 183 Å². The fourth-order valence-electron chi connectivity index (χ4n) is 3.89. The zero-order valence-corrected chi connectivity index (χ0v) is 19.4. The van der Waals surface area contributed by atoms with Gasteiger partial charge in [0.15, 0.2) is 5.96 Å². The van der Waals surface area contributed by atoms with Gasteiger partial charge in [-0.2, -0.15) is 0 Å². The number of nitrogens with one attached hydrogen (secondary N) is 2. The zero-order chi connectivity index (χ0) is 21.8. The Balaban J connectivity index is 1.73. The van der Waals surface area contributed by atoms with Crippen molar-refractivity contribution in [3.8, 4) is 0 Å². The van der Waals surface area contributed by atoms with Gasteiger partial charge in [-0.25, -0.2) is 0 Å². The summed E-state index contributed by atoms with van der Waals surface area (Å²) < 4.78 is 0. The van der Waals surface area contributed by atoms with E-state index < -0.39 is 0 Å². The monoisotopic (exact) mass is 415 g/mol. The van der Waals surface area contributed by atoms with Crippen molar-refractivity contribution in [3.05, 3.63) is 35.4 Å². The van der Waals surface area contributed by atoms with Crippen LogP contribution in [-0.2, 0) is 6.42 Å². The van der Waals surface area contributed by atoms with Crippen LogP contribution in [0.5, 0.6) is 0 Å². The van der Waals surface area contributed by atoms with Crippen molar-refractivity contribution < 1.29 is 4.79 Å². The Kier molecular flexibility index (Phi) is 10.7. The van der Waals surface area contributed by atoms with Crippen molar-refractivity contribution in [2.75, 3.05) is 46.8 Å². The molecule has 0 bridgehead atoms. The van der Waals surface area contributed by atoms with Crippen LogP contribution in [0.15, 0.2) is 29.3 Å². The smallest absolute Gasteiger partial charge is 0.253 e. The van der Waals surface area contributed by atoms with Crippen LogP contribution in [0.3, 0.4) is 0 Å². The fourth-order valence-corrected chi connectivity index (χ4v) is 3.89. The lowest BCUT2D eigenvalue weighted by molar-refractivity contribution is 0.0827. The molecule has 1 aliphatic rings. The quantitative estimate of drug-likeness (QED) is 0.350. The summed E-state index contributed by atoms with van der Waals surface area (Å²) in [5, 5.41) is 6.75. The molecule has 6 heteroatoms. The molecule has 168 valence electrons. The van der Waals surface area contributed by atoms with Gasteiger partial charge in [-0.1, -0.05) is 18.6 Å². The van der Waals surface area contributed by atoms with Crippen molar-refractivity contribution in [1.82, 2.24) is 20.4 Å². The van der Waals surface area contributed by atoms with E-state index in [2.05, 4.69) is 35.4 Å². The maximum atomic E-state index is 12.1. The minimum absolute atomic E-state index is 0.0404. The number of benzene rings is 1. The first-order valence-corrected chi connectivity index (χ1v) is 11.6. The zero-order valence-electron chi connectivity index (χ0n) is 19.4. The van der Waals surface area contributed by atoms with Crippen molar-refractivity contribution >= 4 is 11.9 Å². The van der Waals surface area contributed by atoms with Crippen molar-refractivity contribution in [2.45, 2.75) is 58.4 Å². The third-order valence-electron chi connectivity index (χ3n) is 5.69. The number of aliphatic imine (C=N–C) groups is 1. The number of guanidine groups is 1. The molecule has 1 unspecified atom stereocenters. The third-order valence-corrected chi connectivity index (χ3v) is 5.69. The second kappa shape index (κ2) is 13.3. The first-order valence-electron chi connectivity index (χ1n) is 11.6. The molecule has 0 saturated carbocycles. The highest BCUT2D eigenvalue weighted by Gasteiger charge is 2.16. The molecule has 1 amide bonds. The second-order valence-electron chi connectivity index (χ2n) is 8.43. The maximum Gasteiger partial charge on any atom is 0.253 e. The predicted molar refractivity (Wildman–Crippen MR) is 126 cm³/mol. The molecule has 2 N–H and O–H groups in total. The van der Waals surface area contributed by atoms with E-state index in [0.717, 1.165) is 55.6 Å². The number of hydrogen-bond acceptors (Lipinski definition) is 3. The van der Waals surface area contributed by atoms with Gasteiger partial charge < -0.3 is 20.4 Å². The highest BCUT2D eigenvalue weighted by atomic mass is 16.2. The Morgan fingerprint density at radius 2 is 2.07 bits per heavy atom. The number of amides is 1. The second-order valence-corrected chi connectivity index (χ2v) is 8.43. The molecule has 0 spiro atoms. The maximum absolute atomic E-state index is 12.1. The van der Waals surface area contributed by atoms with Crippen LogP contribution in [0.4, 0.5) is 0 Å². The van der Waals surface area contributed by atoms with Crippen LogP contribution in [0.25, 0.3) is 0 Å². The molecule has 30 heavy (non-hydrogen) atoms. The van der Waals surface area contributed by atoms with Gasteiger partial charge in [0.1, 0.15) is 0 Å². The first-order chi connectivity index (χ1) is 14.5. The molecule has 6 nitrogen and oxygen atoms in total. The number of nitrogens with zero attached hydrogens (tertiary/aromatic N) is 3. The highest BCUT2D eigenvalue weighted by Crippen LogP contribution is 2.16. The van der Waals surface area contributed by atoms with Crippen LogP contribution >= 0.6 is 0 Å². The molecule has 2 rings (SSSR count). The highest BCUT2D eigenvalue weighted by molar-refractivity contribution is 5.94. The van der Waals surface area contributed by atoms with Gasteiger partial charge >= 0.3 is 0 Å². The Morgan fingerprint density at radius 3 is 2.80 bits per heavy atom. The average Bonchev–Trinajstić information content (AvgIpc) is 2.74. The molecule has 0 aromatic heterocycles. The number of carbonyl (C=O) groups is 1. The van der Waals surface area contributed by atoms with Crippen LogP contribution in [0.1, 0.15) is 61.9 Å². The minimum Gasteiger partial charge on any atom is -0.357 e. The van der Waals surface area contributed by atoms with Crippen molar-refractivity contribution in [3.63, 3.8) is 0 Å². The van der Waals surface area contributed by atoms with E-state index in [1.54, 1.807) is 19.0 Å². The normalized spacial score (nSPS) is 17.6. The molecular formula is C24H41N5O. The number of piperidine rings is 1. The fraction of sp³-hybridized carbons (Fsp3) is 0.667. The third kappa shape index (κ3) is 8.34. The summed E-state index contributed by atoms with van der Waals surface area (Å²) in [5.74, 6) is 0.919. The number of hydrogen-bond donors (Lipinski definition) is 2. The molecule has 1 heterocycles. The Hall–Kier alpha value is -2.08. The molecule has 1 saturated heterocycles. The molecular weight excluding hydrogens is 374 g/mol. The summed E-state index contributed by atoms with van der Waals surface area (Å²) >= 11 is 0. The largest absolute Gasteiger partial charge is 0.357 e. The summed E-state index contributed by atoms with van der Waals surface area (Å²) in [4.78, 5) is 21.1. The molecule has 0 radical (unpaired) electrons. The minimum atomic E-state index is 0.0404. The van der Waals surface area contributed by atoms with Gasteiger partial charge in [-0.05, 0) is 76.7 Å². The van der Waals surface area contributed by atoms with Crippen LogP contribution in [0, 0.1) is 0 Å². The van der Waals surface area contributed by atoms with Gasteiger partial charge in [-0.15, -0.1) is 0 Å². The van der Waals surface area contributed by atoms with Gasteiger partial charge in [0, 0.05) is 45.3 Å². The van der Waals surface area contributed by atoms with Crippen molar-refractivity contribution in [1.29, 1.82) is 0 Å². The van der Waals surface area contributed by atoms with E-state index in [1.807, 2.05) is 18.2 Å². The summed E-state index contributed by atoms with van der Waals surface area (Å²) in [6.07, 6.45) is 7.26. The first kappa shape index (κ1) is 24.2. The number of carbonyl (C=O) groups excluding carboxylic acids is 1. The van der Waals surface area contributed by atoms with Gasteiger partial charge in [0.2, 0.25) is 0 Å². The van der Waals surface area contributed by atoms with Gasteiger partial charge in [0.25, 0.3) is 5.91 Å². The predicted octanol–water partition coefficient (Wildman–Crippen LogP) is 3.14. The number of likely N-dealkylation sites (tertiary alicyclic amines) is 1. The summed E-state index contributed by atoms with van der Waals surface area (Å²) in [6.45, 7) is 9.39. The topological polar surface area (TPSA) is 60.0 Å². The number of rotatable bonds is 10. The Morgan fingerprint density at radius 1 is 1.23 bits per heavy atom. The molecule has 1 fully saturated rings. The van der Waals surface area contributed by atoms with Crippen LogP contribution in [-0.4, -0.2) is 74.5 Å². The standard InChI is InChI=1S/C24H41N5O/c1-5-25-24(26-15-7-9-18-29-17-8-6-11-20(29)2)27-16-14-21-12-10-13-22(19-21)23(30)28(3)4/h10,12-13,19-20H,5-9,11,14-18H2,1-4H3,(H2,25,26,27). The lowest BCUT2D eigenvalue weighted by Crippen LogP contribution is -2.38. The summed E-state index contributed by atoms with van der Waals surface area (Å²) in [6, 6.07) is 8.62. The average molecular weight is 416 g/mol. The summed E-state index contributed by atoms with van der Waals surface area (Å²) in [5.41, 5.74) is 1.89. The summed E-state index contributed by atoms with van der Waals surface area (Å²) in [7, 11) is 3.56. The lowest BCUT2D eigenvalue weighted by atomic mass is 10.0. The van der Waals surface area contributed by atoms with Crippen LogP contribution < -0.4 is 10.6 Å². The van der Waals surface area contributed by atoms with E-state index in [0.29, 0.717) is 0 Å². The lowest BCUT2D eigenvalue weighted by Gasteiger charge is -2.33. The molecule has 1 aromatic carbocycles. The molecule has 1 atom stereocenters. The van der Waals surface area contributed by atoms with Crippen LogP contribution in [0.2, 0.25) is 0 Å². The van der Waals surface area contributed by atoms with Gasteiger partial charge in [-0.3, -0.25) is 9.79 Å². The SMILES string of the molecule is CCNC(=NCCCCN1CCCCC1C)NCCc1cccc(C(=O)N(C)C)c1. The molecule has 1 aromatic rings. The molecule has 0 aliphatic carbocycles. The van der Waals surface area contributed by atoms with E-state index in [-0.39, 0.29) is 5.91 Å². The molecule has 1 aliphatic heterocycles. The van der Waals surface area contributed by atoms with E-state index in [4.69, 9.17) is 4.99 Å². The van der Waals surface area contributed by atoms with E-state index in [9.17, 15) is 4.79 Å².